The van der Waals surface area contributed by atoms with Gasteiger partial charge in [0.1, 0.15) is 0 Å². The molecule has 0 bridgehead atoms. The van der Waals surface area contributed by atoms with Crippen molar-refractivity contribution in [2.24, 2.45) is 0 Å². The second-order valence-electron chi connectivity index (χ2n) is 2.92. The van der Waals surface area contributed by atoms with Crippen molar-refractivity contribution in [1.29, 1.82) is 0 Å². The van der Waals surface area contributed by atoms with E-state index in [0.29, 0.717) is 0 Å². The highest BCUT2D eigenvalue weighted by molar-refractivity contribution is 6.16. The average molecular weight is 236 g/mol. The highest BCUT2D eigenvalue weighted by atomic mass is 35.5. The molecule has 15 heavy (non-hydrogen) atoms. The molecule has 0 radical (unpaired) electrons. The molecule has 0 amide bonds. The Bertz CT molecular complexity index is 396. The normalized spacial score (nSPS) is 10.7. The molecule has 6 heteroatoms. The van der Waals surface area contributed by atoms with Gasteiger partial charge in [-0.05, 0) is 18.6 Å². The molecule has 0 aliphatic heterocycles. The van der Waals surface area contributed by atoms with Crippen molar-refractivity contribution < 1.29 is 18.7 Å². The molecule has 1 heterocycles. The molecule has 82 valence electrons. The number of pyridine rings is 1. The van der Waals surface area contributed by atoms with E-state index in [1.807, 2.05) is 0 Å². The lowest BCUT2D eigenvalue weighted by atomic mass is 10.1. The maximum Gasteiger partial charge on any atom is 0.354 e. The number of rotatable bonds is 3. The molecule has 0 fully saturated rings. The van der Waals surface area contributed by atoms with Gasteiger partial charge < -0.3 is 5.11 Å². The van der Waals surface area contributed by atoms with Gasteiger partial charge in [-0.25, -0.2) is 18.6 Å². The lowest BCUT2D eigenvalue weighted by Crippen LogP contribution is -2.08. The summed E-state index contributed by atoms with van der Waals surface area (Å²) < 4.78 is 25.0. The minimum atomic E-state index is -2.73. The van der Waals surface area contributed by atoms with Crippen LogP contribution < -0.4 is 0 Å². The smallest absolute Gasteiger partial charge is 0.354 e. The van der Waals surface area contributed by atoms with Gasteiger partial charge in [0.25, 0.3) is 6.43 Å². The number of hydrogen-bond donors (Lipinski definition) is 1. The Morgan fingerprint density at radius 3 is 2.67 bits per heavy atom. The van der Waals surface area contributed by atoms with Crippen molar-refractivity contribution in [3.63, 3.8) is 0 Å². The molecule has 0 saturated heterocycles. The number of carboxylic acids is 1. The van der Waals surface area contributed by atoms with Crippen LogP contribution in [0.2, 0.25) is 0 Å². The number of halogens is 3. The largest absolute Gasteiger partial charge is 0.477 e. The van der Waals surface area contributed by atoms with Crippen LogP contribution in [0.4, 0.5) is 8.78 Å². The summed E-state index contributed by atoms with van der Waals surface area (Å²) in [6, 6.07) is 1.12. The minimum Gasteiger partial charge on any atom is -0.477 e. The monoisotopic (exact) mass is 235 g/mol. The molecule has 0 spiro atoms. The van der Waals surface area contributed by atoms with Crippen LogP contribution in [0, 0.1) is 6.92 Å². The molecule has 0 aromatic carbocycles. The first-order valence-electron chi connectivity index (χ1n) is 4.05. The Balaban J connectivity index is 3.40. The van der Waals surface area contributed by atoms with E-state index in [9.17, 15) is 13.6 Å². The Kier molecular flexibility index (Phi) is 3.57. The third-order valence-corrected chi connectivity index (χ3v) is 2.21. The molecule has 1 aromatic heterocycles. The summed E-state index contributed by atoms with van der Waals surface area (Å²) in [6.07, 6.45) is -2.73. The number of hydrogen-bond acceptors (Lipinski definition) is 2. The van der Waals surface area contributed by atoms with Gasteiger partial charge in [-0.15, -0.1) is 11.6 Å². The highest BCUT2D eigenvalue weighted by Gasteiger charge is 2.19. The third-order valence-electron chi connectivity index (χ3n) is 1.94. The van der Waals surface area contributed by atoms with Gasteiger partial charge in [0, 0.05) is 5.56 Å². The first-order chi connectivity index (χ1) is 6.97. The summed E-state index contributed by atoms with van der Waals surface area (Å²) >= 11 is 5.43. The first-order valence-corrected chi connectivity index (χ1v) is 4.58. The fourth-order valence-electron chi connectivity index (χ4n) is 1.19. The van der Waals surface area contributed by atoms with Crippen LogP contribution in [0.25, 0.3) is 0 Å². The number of aromatic nitrogens is 1. The van der Waals surface area contributed by atoms with Crippen LogP contribution in [0.15, 0.2) is 6.07 Å². The molecule has 0 aliphatic carbocycles. The summed E-state index contributed by atoms with van der Waals surface area (Å²) in [6.45, 7) is 1.30. The quantitative estimate of drug-likeness (QED) is 0.820. The van der Waals surface area contributed by atoms with Crippen molar-refractivity contribution in [2.45, 2.75) is 19.2 Å². The zero-order valence-corrected chi connectivity index (χ0v) is 8.55. The molecule has 0 aliphatic rings. The maximum atomic E-state index is 12.5. The predicted molar refractivity (Wildman–Crippen MR) is 50.4 cm³/mol. The lowest BCUT2D eigenvalue weighted by Gasteiger charge is -2.09. The van der Waals surface area contributed by atoms with Gasteiger partial charge in [0.05, 0.1) is 11.6 Å². The number of carbonyl (C=O) groups is 1. The molecule has 1 N–H and O–H groups in total. The maximum absolute atomic E-state index is 12.5. The fourth-order valence-corrected chi connectivity index (χ4v) is 1.32. The van der Waals surface area contributed by atoms with Crippen molar-refractivity contribution >= 4 is 17.6 Å². The Labute approximate surface area is 89.7 Å². The molecular weight excluding hydrogens is 228 g/mol. The third kappa shape index (κ3) is 2.41. The molecule has 0 saturated carbocycles. The van der Waals surface area contributed by atoms with Gasteiger partial charge in [-0.2, -0.15) is 0 Å². The minimum absolute atomic E-state index is 0.0219. The van der Waals surface area contributed by atoms with Crippen LogP contribution >= 0.6 is 11.6 Å². The van der Waals surface area contributed by atoms with E-state index >= 15 is 0 Å². The van der Waals surface area contributed by atoms with Crippen LogP contribution in [-0.4, -0.2) is 16.1 Å². The topological polar surface area (TPSA) is 50.2 Å². The molecular formula is C9H8ClF2NO2. The number of alkyl halides is 3. The average Bonchev–Trinajstić information content (AvgIpc) is 2.17. The molecule has 0 unspecified atom stereocenters. The Morgan fingerprint density at radius 1 is 1.67 bits per heavy atom. The standard InChI is InChI=1S/C9H8ClF2NO2/c1-4-6(8(11)12)2-5(3-10)13-7(4)9(14)15/h2,8H,3H2,1H3,(H,14,15). The van der Waals surface area contributed by atoms with E-state index in [-0.39, 0.29) is 28.4 Å². The molecule has 3 nitrogen and oxygen atoms in total. The number of aromatic carboxylic acids is 1. The SMILES string of the molecule is Cc1c(C(F)F)cc(CCl)nc1C(=O)O. The summed E-state index contributed by atoms with van der Waals surface area (Å²) in [7, 11) is 0. The van der Waals surface area contributed by atoms with E-state index in [1.165, 1.54) is 6.92 Å². The number of nitrogens with zero attached hydrogens (tertiary/aromatic N) is 1. The summed E-state index contributed by atoms with van der Waals surface area (Å²) in [5.74, 6) is -1.43. The Hall–Kier alpha value is -1.23. The van der Waals surface area contributed by atoms with Crippen LogP contribution in [-0.2, 0) is 5.88 Å². The number of carboxylic acid groups (broad SMARTS) is 1. The van der Waals surface area contributed by atoms with E-state index in [0.717, 1.165) is 6.07 Å². The Morgan fingerprint density at radius 2 is 2.27 bits per heavy atom. The van der Waals surface area contributed by atoms with Crippen molar-refractivity contribution in [1.82, 2.24) is 4.98 Å². The second kappa shape index (κ2) is 4.53. The summed E-state index contributed by atoms with van der Waals surface area (Å²) in [5, 5.41) is 8.74. The lowest BCUT2D eigenvalue weighted by molar-refractivity contribution is 0.0688. The molecule has 1 aromatic rings. The van der Waals surface area contributed by atoms with E-state index in [2.05, 4.69) is 4.98 Å². The fraction of sp³-hybridized carbons (Fsp3) is 0.333. The van der Waals surface area contributed by atoms with Gasteiger partial charge >= 0.3 is 5.97 Å². The van der Waals surface area contributed by atoms with Crippen LogP contribution in [0.5, 0.6) is 0 Å². The van der Waals surface area contributed by atoms with E-state index in [1.54, 1.807) is 0 Å². The zero-order valence-electron chi connectivity index (χ0n) is 7.80. The zero-order chi connectivity index (χ0) is 11.6. The summed E-state index contributed by atoms with van der Waals surface area (Å²) in [4.78, 5) is 14.4. The van der Waals surface area contributed by atoms with E-state index in [4.69, 9.17) is 16.7 Å². The highest BCUT2D eigenvalue weighted by Crippen LogP contribution is 2.25. The van der Waals surface area contributed by atoms with Crippen molar-refractivity contribution in [2.75, 3.05) is 0 Å². The van der Waals surface area contributed by atoms with Gasteiger partial charge in [-0.1, -0.05) is 0 Å². The second-order valence-corrected chi connectivity index (χ2v) is 3.18. The predicted octanol–water partition coefficient (Wildman–Crippen LogP) is 2.76. The molecule has 0 atom stereocenters. The van der Waals surface area contributed by atoms with Crippen LogP contribution in [0.1, 0.15) is 33.7 Å². The van der Waals surface area contributed by atoms with Crippen molar-refractivity contribution in [3.05, 3.63) is 28.6 Å². The van der Waals surface area contributed by atoms with Gasteiger partial charge in [0.15, 0.2) is 5.69 Å². The summed E-state index contributed by atoms with van der Waals surface area (Å²) in [5.41, 5.74) is -0.595. The van der Waals surface area contributed by atoms with Crippen LogP contribution in [0.3, 0.4) is 0 Å². The molecule has 1 rings (SSSR count). The van der Waals surface area contributed by atoms with Gasteiger partial charge in [-0.3, -0.25) is 0 Å². The van der Waals surface area contributed by atoms with Gasteiger partial charge in [0.2, 0.25) is 0 Å². The first kappa shape index (κ1) is 11.8. The van der Waals surface area contributed by atoms with Crippen molar-refractivity contribution in [3.8, 4) is 0 Å². The van der Waals surface area contributed by atoms with E-state index < -0.39 is 12.4 Å².